The van der Waals surface area contributed by atoms with Gasteiger partial charge in [-0.15, -0.1) is 0 Å². The summed E-state index contributed by atoms with van der Waals surface area (Å²) in [5.74, 6) is 0. The number of pyridine rings is 1. The van der Waals surface area contributed by atoms with Crippen molar-refractivity contribution in [2.45, 2.75) is 25.8 Å². The molecule has 0 radical (unpaired) electrons. The molecule has 0 spiro atoms. The van der Waals surface area contributed by atoms with E-state index in [4.69, 9.17) is 9.72 Å². The molecule has 2 fully saturated rings. The zero-order valence-electron chi connectivity index (χ0n) is 15.5. The molecule has 0 amide bonds. The third-order valence-electron chi connectivity index (χ3n) is 5.22. The van der Waals surface area contributed by atoms with Gasteiger partial charge in [0.1, 0.15) is 0 Å². The fourth-order valence-corrected chi connectivity index (χ4v) is 5.70. The molecular weight excluding hydrogens is 362 g/mol. The number of morpholine rings is 1. The van der Waals surface area contributed by atoms with Crippen LogP contribution in [0.4, 0.5) is 0 Å². The minimum Gasteiger partial charge on any atom is -0.379 e. The van der Waals surface area contributed by atoms with Gasteiger partial charge < -0.3 is 4.74 Å². The number of rotatable bonds is 4. The maximum Gasteiger partial charge on any atom is 0.282 e. The first-order valence-electron chi connectivity index (χ1n) is 9.44. The number of aryl methyl sites for hydroxylation is 1. The van der Waals surface area contributed by atoms with E-state index in [0.717, 1.165) is 35.4 Å². The van der Waals surface area contributed by atoms with E-state index in [9.17, 15) is 8.42 Å². The van der Waals surface area contributed by atoms with Crippen molar-refractivity contribution in [1.29, 1.82) is 0 Å². The molecule has 27 heavy (non-hydrogen) atoms. The topological polar surface area (TPSA) is 62.7 Å². The largest absolute Gasteiger partial charge is 0.379 e. The molecule has 1 aromatic heterocycles. The van der Waals surface area contributed by atoms with Crippen molar-refractivity contribution in [2.75, 3.05) is 32.8 Å². The SMILES string of the molecule is Cc1cc(-c2ccccc2)cc(C2CCCN2S(=O)(=O)N2CCOCC2)n1. The molecule has 6 nitrogen and oxygen atoms in total. The van der Waals surface area contributed by atoms with Crippen molar-refractivity contribution in [3.05, 3.63) is 53.9 Å². The lowest BCUT2D eigenvalue weighted by Gasteiger charge is -2.33. The van der Waals surface area contributed by atoms with Crippen LogP contribution in [0.5, 0.6) is 0 Å². The standard InChI is InChI=1S/C20H25N3O3S/c1-16-14-18(17-6-3-2-4-7-17)15-19(21-16)20-8-5-9-23(20)27(24,25)22-10-12-26-13-11-22/h2-4,6-7,14-15,20H,5,8-13H2,1H3. The maximum absolute atomic E-state index is 13.2. The summed E-state index contributed by atoms with van der Waals surface area (Å²) in [6.45, 7) is 4.26. The van der Waals surface area contributed by atoms with E-state index in [2.05, 4.69) is 18.2 Å². The van der Waals surface area contributed by atoms with Gasteiger partial charge in [-0.3, -0.25) is 4.98 Å². The number of aromatic nitrogens is 1. The van der Waals surface area contributed by atoms with E-state index in [-0.39, 0.29) is 6.04 Å². The van der Waals surface area contributed by atoms with Gasteiger partial charge in [-0.2, -0.15) is 17.0 Å². The molecule has 0 bridgehead atoms. The van der Waals surface area contributed by atoms with Crippen molar-refractivity contribution in [3.63, 3.8) is 0 Å². The van der Waals surface area contributed by atoms with Gasteiger partial charge >= 0.3 is 0 Å². The van der Waals surface area contributed by atoms with Crippen molar-refractivity contribution in [1.82, 2.24) is 13.6 Å². The number of nitrogens with zero attached hydrogens (tertiary/aromatic N) is 3. The molecule has 2 aliphatic rings. The Kier molecular flexibility index (Phi) is 5.27. The molecule has 1 atom stereocenters. The molecule has 0 aliphatic carbocycles. The van der Waals surface area contributed by atoms with Crippen LogP contribution in [-0.4, -0.2) is 54.9 Å². The van der Waals surface area contributed by atoms with Gasteiger partial charge in [0.05, 0.1) is 24.9 Å². The normalized spacial score (nSPS) is 22.2. The molecule has 3 heterocycles. The second-order valence-corrected chi connectivity index (χ2v) is 8.96. The molecule has 4 rings (SSSR count). The zero-order valence-corrected chi connectivity index (χ0v) is 16.4. The molecule has 0 saturated carbocycles. The Balaban J connectivity index is 1.67. The van der Waals surface area contributed by atoms with Gasteiger partial charge in [-0.05, 0) is 43.0 Å². The molecule has 0 N–H and O–H groups in total. The number of hydrogen-bond acceptors (Lipinski definition) is 4. The highest BCUT2D eigenvalue weighted by atomic mass is 32.2. The van der Waals surface area contributed by atoms with Crippen LogP contribution in [0.1, 0.15) is 30.3 Å². The Hall–Kier alpha value is -1.80. The number of benzene rings is 1. The van der Waals surface area contributed by atoms with E-state index < -0.39 is 10.2 Å². The first kappa shape index (κ1) is 18.6. The Morgan fingerprint density at radius 2 is 1.78 bits per heavy atom. The minimum absolute atomic E-state index is 0.208. The van der Waals surface area contributed by atoms with Crippen LogP contribution in [0.3, 0.4) is 0 Å². The highest BCUT2D eigenvalue weighted by Crippen LogP contribution is 2.36. The van der Waals surface area contributed by atoms with Gasteiger partial charge in [0.25, 0.3) is 10.2 Å². The van der Waals surface area contributed by atoms with Crippen molar-refractivity contribution < 1.29 is 13.2 Å². The third kappa shape index (κ3) is 3.78. The van der Waals surface area contributed by atoms with Crippen LogP contribution in [0, 0.1) is 6.92 Å². The summed E-state index contributed by atoms with van der Waals surface area (Å²) in [5, 5.41) is 0. The smallest absolute Gasteiger partial charge is 0.282 e. The van der Waals surface area contributed by atoms with Gasteiger partial charge in [-0.25, -0.2) is 0 Å². The predicted octanol–water partition coefficient (Wildman–Crippen LogP) is 2.77. The lowest BCUT2D eigenvalue weighted by molar-refractivity contribution is 0.0698. The quantitative estimate of drug-likeness (QED) is 0.809. The molecule has 2 aromatic rings. The maximum atomic E-state index is 13.2. The van der Waals surface area contributed by atoms with Crippen LogP contribution < -0.4 is 0 Å². The first-order valence-corrected chi connectivity index (χ1v) is 10.8. The van der Waals surface area contributed by atoms with Crippen molar-refractivity contribution in [3.8, 4) is 11.1 Å². The van der Waals surface area contributed by atoms with E-state index >= 15 is 0 Å². The summed E-state index contributed by atoms with van der Waals surface area (Å²) >= 11 is 0. The van der Waals surface area contributed by atoms with Crippen molar-refractivity contribution >= 4 is 10.2 Å². The second kappa shape index (κ2) is 7.67. The summed E-state index contributed by atoms with van der Waals surface area (Å²) in [6, 6.07) is 14.0. The predicted molar refractivity (Wildman–Crippen MR) is 104 cm³/mol. The fraction of sp³-hybridized carbons (Fsp3) is 0.450. The Labute approximate surface area is 161 Å². The molecule has 7 heteroatoms. The lowest BCUT2D eigenvalue weighted by atomic mass is 10.0. The monoisotopic (exact) mass is 387 g/mol. The van der Waals surface area contributed by atoms with E-state index in [1.165, 1.54) is 0 Å². The molecule has 1 unspecified atom stereocenters. The summed E-state index contributed by atoms with van der Waals surface area (Å²) < 4.78 is 34.9. The summed E-state index contributed by atoms with van der Waals surface area (Å²) in [5.41, 5.74) is 3.93. The van der Waals surface area contributed by atoms with Crippen LogP contribution in [0.15, 0.2) is 42.5 Å². The highest BCUT2D eigenvalue weighted by molar-refractivity contribution is 7.86. The summed E-state index contributed by atoms with van der Waals surface area (Å²) in [7, 11) is -3.50. The van der Waals surface area contributed by atoms with Crippen LogP contribution >= 0.6 is 0 Å². The number of ether oxygens (including phenoxy) is 1. The van der Waals surface area contributed by atoms with Crippen LogP contribution in [0.25, 0.3) is 11.1 Å². The Morgan fingerprint density at radius 3 is 2.52 bits per heavy atom. The average molecular weight is 388 g/mol. The van der Waals surface area contributed by atoms with Gasteiger partial charge in [0, 0.05) is 25.3 Å². The minimum atomic E-state index is -3.50. The summed E-state index contributed by atoms with van der Waals surface area (Å²) in [6.07, 6.45) is 1.65. The Morgan fingerprint density at radius 1 is 1.04 bits per heavy atom. The lowest BCUT2D eigenvalue weighted by Crippen LogP contribution is -2.48. The van der Waals surface area contributed by atoms with E-state index in [1.807, 2.05) is 31.2 Å². The average Bonchev–Trinajstić information content (AvgIpc) is 3.20. The Bertz CT molecular complexity index is 896. The highest BCUT2D eigenvalue weighted by Gasteiger charge is 2.40. The van der Waals surface area contributed by atoms with Gasteiger partial charge in [0.2, 0.25) is 0 Å². The van der Waals surface area contributed by atoms with Gasteiger partial charge in [-0.1, -0.05) is 30.3 Å². The van der Waals surface area contributed by atoms with E-state index in [0.29, 0.717) is 32.8 Å². The van der Waals surface area contributed by atoms with E-state index in [1.54, 1.807) is 8.61 Å². The van der Waals surface area contributed by atoms with Crippen LogP contribution in [-0.2, 0) is 14.9 Å². The second-order valence-electron chi connectivity index (χ2n) is 7.08. The molecule has 144 valence electrons. The molecular formula is C20H25N3O3S. The van der Waals surface area contributed by atoms with Crippen LogP contribution in [0.2, 0.25) is 0 Å². The molecule has 1 aromatic carbocycles. The summed E-state index contributed by atoms with van der Waals surface area (Å²) in [4.78, 5) is 4.70. The molecule has 2 aliphatic heterocycles. The fourth-order valence-electron chi connectivity index (χ4n) is 3.90. The third-order valence-corrected chi connectivity index (χ3v) is 7.27. The van der Waals surface area contributed by atoms with Crippen molar-refractivity contribution in [2.24, 2.45) is 0 Å². The zero-order chi connectivity index (χ0) is 18.9. The number of hydrogen-bond donors (Lipinski definition) is 0. The van der Waals surface area contributed by atoms with Gasteiger partial charge in [0.15, 0.2) is 0 Å². The molecule has 2 saturated heterocycles. The first-order chi connectivity index (χ1) is 13.1.